The minimum atomic E-state index is -1.54. The molecule has 0 radical (unpaired) electrons. The molecule has 0 aliphatic rings. The van der Waals surface area contributed by atoms with Gasteiger partial charge in [0.05, 0.1) is 12.1 Å². The number of rotatable bonds is 11. The molecule has 12 heteroatoms. The number of thiol groups is 2. The van der Waals surface area contributed by atoms with E-state index in [0.29, 0.717) is 0 Å². The highest BCUT2D eigenvalue weighted by atomic mass is 32.1. The molecule has 156 valence electrons. The fraction of sp³-hybridized carbons (Fsp3) is 0.733. The van der Waals surface area contributed by atoms with E-state index in [1.54, 1.807) is 13.8 Å². The lowest BCUT2D eigenvalue weighted by Crippen LogP contribution is -2.59. The monoisotopic (exact) mass is 424 g/mol. The highest BCUT2D eigenvalue weighted by Gasteiger charge is 2.32. The SMILES string of the molecule is CC(C)C(NC(=O)C(N)CS)C(=O)NC(CS)C(=O)NC(C(=O)O)C(C)O. The second kappa shape index (κ2) is 12.1. The van der Waals surface area contributed by atoms with E-state index in [1.807, 2.05) is 0 Å². The predicted molar refractivity (Wildman–Crippen MR) is 106 cm³/mol. The minimum Gasteiger partial charge on any atom is -0.480 e. The molecule has 3 amide bonds. The Morgan fingerprint density at radius 1 is 0.889 bits per heavy atom. The summed E-state index contributed by atoms with van der Waals surface area (Å²) in [6, 6.07) is -4.57. The van der Waals surface area contributed by atoms with Crippen LogP contribution in [0.1, 0.15) is 20.8 Å². The van der Waals surface area contributed by atoms with Gasteiger partial charge in [-0.05, 0) is 12.8 Å². The smallest absolute Gasteiger partial charge is 0.328 e. The quantitative estimate of drug-likeness (QED) is 0.173. The van der Waals surface area contributed by atoms with Gasteiger partial charge in [-0.25, -0.2) is 4.79 Å². The van der Waals surface area contributed by atoms with Gasteiger partial charge < -0.3 is 31.9 Å². The van der Waals surface area contributed by atoms with Crippen LogP contribution in [-0.4, -0.2) is 75.7 Å². The van der Waals surface area contributed by atoms with Crippen molar-refractivity contribution in [2.45, 2.75) is 51.0 Å². The van der Waals surface area contributed by atoms with Crippen molar-refractivity contribution in [2.24, 2.45) is 11.7 Å². The van der Waals surface area contributed by atoms with Crippen molar-refractivity contribution in [3.05, 3.63) is 0 Å². The molecule has 0 aliphatic carbocycles. The molecule has 0 spiro atoms. The fourth-order valence-corrected chi connectivity index (χ4v) is 2.40. The number of carbonyl (C=O) groups is 4. The third-order valence-electron chi connectivity index (χ3n) is 3.64. The molecular weight excluding hydrogens is 396 g/mol. The van der Waals surface area contributed by atoms with Crippen LogP contribution in [0.2, 0.25) is 0 Å². The van der Waals surface area contributed by atoms with E-state index < -0.39 is 54.0 Å². The molecule has 5 atom stereocenters. The number of aliphatic hydroxyl groups is 1. The van der Waals surface area contributed by atoms with Crippen LogP contribution in [0.4, 0.5) is 0 Å². The van der Waals surface area contributed by atoms with Crippen LogP contribution < -0.4 is 21.7 Å². The zero-order chi connectivity index (χ0) is 21.3. The van der Waals surface area contributed by atoms with Crippen molar-refractivity contribution >= 4 is 48.9 Å². The standard InChI is InChI=1S/C15H28N4O6S2/c1-6(2)10(18-12(21)8(16)4-26)14(23)17-9(5-27)13(22)19-11(7(3)20)15(24)25/h6-11,20,26-27H,4-5,16H2,1-3H3,(H,17,23)(H,18,21)(H,19,22)(H,24,25). The van der Waals surface area contributed by atoms with Crippen molar-refractivity contribution < 1.29 is 29.4 Å². The van der Waals surface area contributed by atoms with Gasteiger partial charge in [0.1, 0.15) is 12.1 Å². The number of hydrogen-bond acceptors (Lipinski definition) is 8. The third-order valence-corrected chi connectivity index (χ3v) is 4.40. The summed E-state index contributed by atoms with van der Waals surface area (Å²) < 4.78 is 0. The Morgan fingerprint density at radius 2 is 1.41 bits per heavy atom. The molecule has 27 heavy (non-hydrogen) atoms. The molecule has 0 heterocycles. The maximum atomic E-state index is 12.5. The number of amides is 3. The summed E-state index contributed by atoms with van der Waals surface area (Å²) in [4.78, 5) is 47.7. The number of hydrogen-bond donors (Lipinski definition) is 8. The summed E-state index contributed by atoms with van der Waals surface area (Å²) in [5, 5.41) is 25.5. The van der Waals surface area contributed by atoms with Gasteiger partial charge in [-0.1, -0.05) is 13.8 Å². The summed E-state index contributed by atoms with van der Waals surface area (Å²) in [6.45, 7) is 4.60. The maximum absolute atomic E-state index is 12.5. The van der Waals surface area contributed by atoms with Crippen LogP contribution in [0.15, 0.2) is 0 Å². The molecule has 0 bridgehead atoms. The molecule has 0 rings (SSSR count). The van der Waals surface area contributed by atoms with Gasteiger partial charge in [-0.3, -0.25) is 14.4 Å². The number of carboxylic acids is 1. The Morgan fingerprint density at radius 3 is 1.78 bits per heavy atom. The van der Waals surface area contributed by atoms with Crippen molar-refractivity contribution in [3.8, 4) is 0 Å². The first-order valence-corrected chi connectivity index (χ1v) is 9.51. The van der Waals surface area contributed by atoms with Gasteiger partial charge in [-0.2, -0.15) is 25.3 Å². The normalized spacial score (nSPS) is 16.6. The van der Waals surface area contributed by atoms with E-state index in [4.69, 9.17) is 10.8 Å². The first-order valence-electron chi connectivity index (χ1n) is 8.25. The topological polar surface area (TPSA) is 171 Å². The molecule has 0 saturated carbocycles. The second-order valence-electron chi connectivity index (χ2n) is 6.33. The number of carbonyl (C=O) groups excluding carboxylic acids is 3. The Hall–Kier alpha value is -1.50. The van der Waals surface area contributed by atoms with Crippen LogP contribution in [0.5, 0.6) is 0 Å². The molecule has 0 aromatic heterocycles. The van der Waals surface area contributed by atoms with Crippen LogP contribution in [0, 0.1) is 5.92 Å². The summed E-state index contributed by atoms with van der Waals surface area (Å²) >= 11 is 7.92. The fourth-order valence-electron chi connectivity index (χ4n) is 1.98. The lowest BCUT2D eigenvalue weighted by molar-refractivity contribution is -0.145. The molecule has 10 nitrogen and oxygen atoms in total. The minimum absolute atomic E-state index is 0.0931. The van der Waals surface area contributed by atoms with Crippen molar-refractivity contribution in [3.63, 3.8) is 0 Å². The third kappa shape index (κ3) is 8.37. The summed E-state index contributed by atoms with van der Waals surface area (Å²) in [5.74, 6) is -3.81. The van der Waals surface area contributed by atoms with Gasteiger partial charge in [0.2, 0.25) is 17.7 Å². The average molecular weight is 425 g/mol. The van der Waals surface area contributed by atoms with Crippen molar-refractivity contribution in [2.75, 3.05) is 11.5 Å². The van der Waals surface area contributed by atoms with Gasteiger partial charge in [0.15, 0.2) is 6.04 Å². The Kier molecular flexibility index (Phi) is 11.4. The molecule has 0 aromatic carbocycles. The van der Waals surface area contributed by atoms with E-state index in [9.17, 15) is 24.3 Å². The lowest BCUT2D eigenvalue weighted by Gasteiger charge is -2.26. The molecule has 0 saturated heterocycles. The number of nitrogens with two attached hydrogens (primary N) is 1. The highest BCUT2D eigenvalue weighted by molar-refractivity contribution is 7.80. The van der Waals surface area contributed by atoms with E-state index in [2.05, 4.69) is 41.2 Å². The number of aliphatic carboxylic acids is 1. The van der Waals surface area contributed by atoms with Gasteiger partial charge in [0, 0.05) is 11.5 Å². The molecule has 0 aliphatic heterocycles. The number of carboxylic acid groups (broad SMARTS) is 1. The van der Waals surface area contributed by atoms with Gasteiger partial charge in [-0.15, -0.1) is 0 Å². The zero-order valence-corrected chi connectivity index (χ0v) is 17.2. The molecule has 0 aromatic rings. The van der Waals surface area contributed by atoms with Crippen LogP contribution in [-0.2, 0) is 19.2 Å². The van der Waals surface area contributed by atoms with Gasteiger partial charge >= 0.3 is 5.97 Å². The highest BCUT2D eigenvalue weighted by Crippen LogP contribution is 2.04. The summed E-state index contributed by atoms with van der Waals surface area (Å²) in [5.41, 5.74) is 5.58. The Labute approximate surface area is 168 Å². The molecular formula is C15H28N4O6S2. The Bertz CT molecular complexity index is 546. The van der Waals surface area contributed by atoms with E-state index >= 15 is 0 Å². The second-order valence-corrected chi connectivity index (χ2v) is 7.06. The predicted octanol–water partition coefficient (Wildman–Crippen LogP) is -2.25. The Balaban J connectivity index is 5.13. The maximum Gasteiger partial charge on any atom is 0.328 e. The van der Waals surface area contributed by atoms with Crippen molar-refractivity contribution in [1.29, 1.82) is 0 Å². The molecule has 5 unspecified atom stereocenters. The van der Waals surface area contributed by atoms with Gasteiger partial charge in [0.25, 0.3) is 0 Å². The number of aliphatic hydroxyl groups excluding tert-OH is 1. The molecule has 0 fully saturated rings. The van der Waals surface area contributed by atoms with E-state index in [0.717, 1.165) is 0 Å². The van der Waals surface area contributed by atoms with E-state index in [1.165, 1.54) is 6.92 Å². The van der Waals surface area contributed by atoms with E-state index in [-0.39, 0.29) is 17.4 Å². The number of nitrogens with one attached hydrogen (secondary N) is 3. The molecule has 7 N–H and O–H groups in total. The van der Waals surface area contributed by atoms with Crippen LogP contribution in [0.3, 0.4) is 0 Å². The average Bonchev–Trinajstić information content (AvgIpc) is 2.59. The summed E-state index contributed by atoms with van der Waals surface area (Å²) in [7, 11) is 0. The van der Waals surface area contributed by atoms with Crippen LogP contribution in [0.25, 0.3) is 0 Å². The first kappa shape index (κ1) is 25.5. The lowest BCUT2D eigenvalue weighted by atomic mass is 10.0. The summed E-state index contributed by atoms with van der Waals surface area (Å²) in [6.07, 6.45) is -1.34. The van der Waals surface area contributed by atoms with Crippen molar-refractivity contribution in [1.82, 2.24) is 16.0 Å². The largest absolute Gasteiger partial charge is 0.480 e. The zero-order valence-electron chi connectivity index (χ0n) is 15.4. The first-order chi connectivity index (χ1) is 12.5. The van der Waals surface area contributed by atoms with Crippen LogP contribution >= 0.6 is 25.3 Å².